The van der Waals surface area contributed by atoms with Crippen LogP contribution in [0.25, 0.3) is 0 Å². The molecule has 122 valence electrons. The normalized spacial score (nSPS) is 21.8. The zero-order valence-corrected chi connectivity index (χ0v) is 14.4. The van der Waals surface area contributed by atoms with E-state index < -0.39 is 11.4 Å². The summed E-state index contributed by atoms with van der Waals surface area (Å²) in [6.45, 7) is 12.7. The van der Waals surface area contributed by atoms with E-state index in [2.05, 4.69) is 33.0 Å². The molecule has 1 saturated carbocycles. The standard InChI is InChI=1S/C17H31NO3/c1-15(2,10-14(20)21)9-13(19)18-12-7-16(3,4)11-17(5,6)8-12/h12H,7-11H2,1-6H3,(H,18,19)(H,20,21). The first-order valence-electron chi connectivity index (χ1n) is 7.82. The minimum absolute atomic E-state index is 0.0159. The van der Waals surface area contributed by atoms with Crippen LogP contribution in [0.1, 0.15) is 73.6 Å². The van der Waals surface area contributed by atoms with Gasteiger partial charge in [-0.25, -0.2) is 0 Å². The summed E-state index contributed by atoms with van der Waals surface area (Å²) in [5.41, 5.74) is -0.0395. The van der Waals surface area contributed by atoms with Gasteiger partial charge in [0.1, 0.15) is 0 Å². The summed E-state index contributed by atoms with van der Waals surface area (Å²) >= 11 is 0. The lowest BCUT2D eigenvalue weighted by Gasteiger charge is -2.45. The first-order valence-corrected chi connectivity index (χ1v) is 7.82. The van der Waals surface area contributed by atoms with Crippen molar-refractivity contribution in [3.8, 4) is 0 Å². The average Bonchev–Trinajstić information content (AvgIpc) is 2.05. The summed E-state index contributed by atoms with van der Waals surface area (Å²) in [4.78, 5) is 23.1. The molecule has 1 aliphatic carbocycles. The Morgan fingerprint density at radius 3 is 2.00 bits per heavy atom. The molecular weight excluding hydrogens is 266 g/mol. The van der Waals surface area contributed by atoms with Crippen LogP contribution in [-0.4, -0.2) is 23.0 Å². The van der Waals surface area contributed by atoms with E-state index in [1.54, 1.807) is 0 Å². The Hall–Kier alpha value is -1.06. The van der Waals surface area contributed by atoms with Crippen LogP contribution in [0.4, 0.5) is 0 Å². The van der Waals surface area contributed by atoms with Crippen molar-refractivity contribution >= 4 is 11.9 Å². The van der Waals surface area contributed by atoms with Crippen LogP contribution in [0.3, 0.4) is 0 Å². The highest BCUT2D eigenvalue weighted by molar-refractivity contribution is 5.78. The van der Waals surface area contributed by atoms with Crippen LogP contribution in [0.5, 0.6) is 0 Å². The van der Waals surface area contributed by atoms with Gasteiger partial charge < -0.3 is 10.4 Å². The fraction of sp³-hybridized carbons (Fsp3) is 0.882. The molecule has 0 unspecified atom stereocenters. The highest BCUT2D eigenvalue weighted by Gasteiger charge is 2.39. The third-order valence-corrected chi connectivity index (χ3v) is 4.19. The molecule has 0 aromatic carbocycles. The van der Waals surface area contributed by atoms with Crippen molar-refractivity contribution in [3.05, 3.63) is 0 Å². The second-order valence-corrected chi connectivity index (χ2v) is 9.09. The van der Waals surface area contributed by atoms with Gasteiger partial charge in [0.2, 0.25) is 5.91 Å². The molecule has 0 aliphatic heterocycles. The number of nitrogens with one attached hydrogen (secondary N) is 1. The molecule has 0 saturated heterocycles. The first kappa shape index (κ1) is 18.0. The Morgan fingerprint density at radius 2 is 1.57 bits per heavy atom. The van der Waals surface area contributed by atoms with E-state index in [9.17, 15) is 9.59 Å². The Balaban J connectivity index is 2.60. The van der Waals surface area contributed by atoms with Gasteiger partial charge in [-0.05, 0) is 35.5 Å². The molecule has 0 radical (unpaired) electrons. The van der Waals surface area contributed by atoms with Crippen molar-refractivity contribution in [1.82, 2.24) is 5.32 Å². The molecule has 1 fully saturated rings. The Labute approximate surface area is 128 Å². The molecule has 0 aromatic rings. The third kappa shape index (κ3) is 6.49. The van der Waals surface area contributed by atoms with Gasteiger partial charge in [0.25, 0.3) is 0 Å². The fourth-order valence-corrected chi connectivity index (χ4v) is 4.13. The fourth-order valence-electron chi connectivity index (χ4n) is 4.13. The largest absolute Gasteiger partial charge is 0.481 e. The van der Waals surface area contributed by atoms with Crippen molar-refractivity contribution < 1.29 is 14.7 Å². The summed E-state index contributed by atoms with van der Waals surface area (Å²) in [5.74, 6) is -0.882. The van der Waals surface area contributed by atoms with E-state index >= 15 is 0 Å². The van der Waals surface area contributed by atoms with Crippen LogP contribution >= 0.6 is 0 Å². The second kappa shape index (κ2) is 5.98. The highest BCUT2D eigenvalue weighted by Crippen LogP contribution is 2.45. The molecule has 2 N–H and O–H groups in total. The number of hydrogen-bond donors (Lipinski definition) is 2. The zero-order valence-electron chi connectivity index (χ0n) is 14.4. The van der Waals surface area contributed by atoms with Crippen molar-refractivity contribution in [2.45, 2.75) is 79.7 Å². The van der Waals surface area contributed by atoms with Crippen molar-refractivity contribution in [2.24, 2.45) is 16.2 Å². The Kier molecular flexibility index (Phi) is 5.12. The van der Waals surface area contributed by atoms with E-state index in [-0.39, 0.29) is 35.6 Å². The molecule has 1 rings (SSSR count). The molecule has 0 atom stereocenters. The van der Waals surface area contributed by atoms with Gasteiger partial charge in [0, 0.05) is 12.5 Å². The maximum absolute atomic E-state index is 12.2. The minimum atomic E-state index is -0.854. The predicted molar refractivity (Wildman–Crippen MR) is 84.0 cm³/mol. The summed E-state index contributed by atoms with van der Waals surface area (Å²) in [7, 11) is 0. The van der Waals surface area contributed by atoms with Crippen LogP contribution in [0, 0.1) is 16.2 Å². The van der Waals surface area contributed by atoms with E-state index in [4.69, 9.17) is 5.11 Å². The number of carbonyl (C=O) groups is 2. The lowest BCUT2D eigenvalue weighted by molar-refractivity contribution is -0.139. The summed E-state index contributed by atoms with van der Waals surface area (Å²) < 4.78 is 0. The first-order chi connectivity index (χ1) is 9.30. The lowest BCUT2D eigenvalue weighted by Crippen LogP contribution is -2.46. The van der Waals surface area contributed by atoms with Gasteiger partial charge in [-0.2, -0.15) is 0 Å². The van der Waals surface area contributed by atoms with Gasteiger partial charge in [0.15, 0.2) is 0 Å². The molecular formula is C17H31NO3. The van der Waals surface area contributed by atoms with Crippen LogP contribution in [-0.2, 0) is 9.59 Å². The highest BCUT2D eigenvalue weighted by atomic mass is 16.4. The maximum Gasteiger partial charge on any atom is 0.303 e. The molecule has 0 aromatic heterocycles. The van der Waals surface area contributed by atoms with Gasteiger partial charge in [-0.1, -0.05) is 41.5 Å². The second-order valence-electron chi connectivity index (χ2n) is 9.09. The monoisotopic (exact) mass is 297 g/mol. The Morgan fingerprint density at radius 1 is 1.10 bits per heavy atom. The lowest BCUT2D eigenvalue weighted by atomic mass is 9.63. The van der Waals surface area contributed by atoms with Gasteiger partial charge in [-0.3, -0.25) is 9.59 Å². The number of amides is 1. The zero-order chi connectivity index (χ0) is 16.5. The molecule has 4 nitrogen and oxygen atoms in total. The summed E-state index contributed by atoms with van der Waals surface area (Å²) in [6.07, 6.45) is 3.42. The predicted octanol–water partition coefficient (Wildman–Crippen LogP) is 3.60. The molecule has 1 aliphatic rings. The third-order valence-electron chi connectivity index (χ3n) is 4.19. The maximum atomic E-state index is 12.2. The van der Waals surface area contributed by atoms with E-state index in [1.807, 2.05) is 13.8 Å². The van der Waals surface area contributed by atoms with Crippen LogP contribution < -0.4 is 5.32 Å². The van der Waals surface area contributed by atoms with Crippen molar-refractivity contribution in [3.63, 3.8) is 0 Å². The topological polar surface area (TPSA) is 66.4 Å². The quantitative estimate of drug-likeness (QED) is 0.815. The molecule has 0 bridgehead atoms. The number of hydrogen-bond acceptors (Lipinski definition) is 2. The number of carbonyl (C=O) groups excluding carboxylic acids is 1. The molecule has 0 spiro atoms. The average molecular weight is 297 g/mol. The minimum Gasteiger partial charge on any atom is -0.481 e. The van der Waals surface area contributed by atoms with E-state index in [0.717, 1.165) is 19.3 Å². The number of carboxylic acid groups (broad SMARTS) is 1. The molecule has 21 heavy (non-hydrogen) atoms. The molecule has 4 heteroatoms. The molecule has 0 heterocycles. The summed E-state index contributed by atoms with van der Waals surface area (Å²) in [5, 5.41) is 12.0. The SMILES string of the molecule is CC(C)(CC(=O)O)CC(=O)NC1CC(C)(C)CC(C)(C)C1. The smallest absolute Gasteiger partial charge is 0.303 e. The van der Waals surface area contributed by atoms with Gasteiger partial charge in [-0.15, -0.1) is 0 Å². The van der Waals surface area contributed by atoms with Gasteiger partial charge >= 0.3 is 5.97 Å². The van der Waals surface area contributed by atoms with Crippen LogP contribution in [0.2, 0.25) is 0 Å². The number of carboxylic acids is 1. The van der Waals surface area contributed by atoms with E-state index in [1.165, 1.54) is 0 Å². The van der Waals surface area contributed by atoms with Crippen LogP contribution in [0.15, 0.2) is 0 Å². The number of aliphatic carboxylic acids is 1. The van der Waals surface area contributed by atoms with Gasteiger partial charge in [0.05, 0.1) is 6.42 Å². The van der Waals surface area contributed by atoms with Crippen molar-refractivity contribution in [1.29, 1.82) is 0 Å². The number of rotatable bonds is 5. The summed E-state index contributed by atoms with van der Waals surface area (Å²) in [6, 6.07) is 0.192. The van der Waals surface area contributed by atoms with E-state index in [0.29, 0.717) is 0 Å². The molecule has 1 amide bonds. The van der Waals surface area contributed by atoms with Crippen molar-refractivity contribution in [2.75, 3.05) is 0 Å². The Bertz CT molecular complexity index is 394.